The zero-order valence-corrected chi connectivity index (χ0v) is 26.4. The lowest BCUT2D eigenvalue weighted by Crippen LogP contribution is -2.23. The highest BCUT2D eigenvalue weighted by molar-refractivity contribution is 7.17. The standard InChI is InChI=1S/C18H15N3OS.C16H12N4S/c1-10-14(7-19)18(15(8-20)11(2)21-10)16-9-23-17-6-12(22-3)4-5-13(16)17;1-9-12(6-17)15(13(7-18)10(2)20-9)14-8-21-16-11(14)4-3-5-19-16/h4-6,9,18,21H,1-3H3;3-5,8,15,20H,1-2H3. The van der Waals surface area contributed by atoms with Crippen molar-refractivity contribution in [3.05, 3.63) is 103 Å². The van der Waals surface area contributed by atoms with Gasteiger partial charge in [0.1, 0.15) is 10.6 Å². The molecule has 0 radical (unpaired) electrons. The predicted octanol–water partition coefficient (Wildman–Crippen LogP) is 7.77. The maximum absolute atomic E-state index is 9.59. The molecule has 3 aromatic heterocycles. The van der Waals surface area contributed by atoms with E-state index in [1.54, 1.807) is 24.6 Å². The van der Waals surface area contributed by atoms with Gasteiger partial charge >= 0.3 is 0 Å². The number of hydrogen-bond acceptors (Lipinski definition) is 10. The van der Waals surface area contributed by atoms with E-state index in [2.05, 4.69) is 39.9 Å². The van der Waals surface area contributed by atoms with Crippen LogP contribution in [-0.4, -0.2) is 12.1 Å². The van der Waals surface area contributed by atoms with Crippen molar-refractivity contribution in [2.45, 2.75) is 39.5 Å². The normalized spacial score (nSPS) is 15.6. The molecule has 8 nitrogen and oxygen atoms in total. The van der Waals surface area contributed by atoms with Crippen LogP contribution < -0.4 is 15.4 Å². The third kappa shape index (κ3) is 5.19. The van der Waals surface area contributed by atoms with Gasteiger partial charge in [-0.05, 0) is 79.2 Å². The van der Waals surface area contributed by atoms with E-state index >= 15 is 0 Å². The van der Waals surface area contributed by atoms with Crippen molar-refractivity contribution in [3.63, 3.8) is 0 Å². The minimum atomic E-state index is -0.312. The second-order valence-electron chi connectivity index (χ2n) is 10.3. The molecule has 10 heteroatoms. The second kappa shape index (κ2) is 12.5. The largest absolute Gasteiger partial charge is 0.497 e. The van der Waals surface area contributed by atoms with Gasteiger partial charge in [-0.2, -0.15) is 21.0 Å². The van der Waals surface area contributed by atoms with Gasteiger partial charge in [-0.15, -0.1) is 22.7 Å². The number of dihydropyridines is 2. The summed E-state index contributed by atoms with van der Waals surface area (Å²) in [5, 5.41) is 50.6. The minimum Gasteiger partial charge on any atom is -0.497 e. The zero-order chi connectivity index (χ0) is 31.5. The molecule has 0 bridgehead atoms. The van der Waals surface area contributed by atoms with Crippen LogP contribution >= 0.6 is 22.7 Å². The van der Waals surface area contributed by atoms with E-state index in [0.29, 0.717) is 22.3 Å². The molecular formula is C34H27N7OS2. The van der Waals surface area contributed by atoms with Crippen LogP contribution in [0.4, 0.5) is 0 Å². The summed E-state index contributed by atoms with van der Waals surface area (Å²) in [5.74, 6) is 0.184. The lowest BCUT2D eigenvalue weighted by atomic mass is 9.81. The Kier molecular flexibility index (Phi) is 8.52. The van der Waals surface area contributed by atoms with E-state index in [9.17, 15) is 21.0 Å². The number of benzene rings is 1. The van der Waals surface area contributed by atoms with Gasteiger partial charge in [0.2, 0.25) is 0 Å². The molecule has 44 heavy (non-hydrogen) atoms. The highest BCUT2D eigenvalue weighted by Gasteiger charge is 2.32. The number of ether oxygens (including phenoxy) is 1. The van der Waals surface area contributed by atoms with Crippen molar-refractivity contribution >= 4 is 43.0 Å². The summed E-state index contributed by atoms with van der Waals surface area (Å²) in [6.45, 7) is 7.49. The van der Waals surface area contributed by atoms with Crippen LogP contribution in [0.1, 0.15) is 50.7 Å². The molecule has 0 atom stereocenters. The fourth-order valence-corrected chi connectivity index (χ4v) is 7.64. The van der Waals surface area contributed by atoms with Gasteiger partial charge in [0.05, 0.1) is 65.5 Å². The average molecular weight is 614 g/mol. The molecule has 2 aliphatic rings. The molecule has 4 aromatic rings. The summed E-state index contributed by atoms with van der Waals surface area (Å²) in [7, 11) is 1.64. The Hall–Kier alpha value is -5.39. The van der Waals surface area contributed by atoms with Crippen molar-refractivity contribution in [1.82, 2.24) is 15.6 Å². The van der Waals surface area contributed by atoms with Crippen LogP contribution in [0, 0.1) is 45.3 Å². The molecule has 2 aliphatic heterocycles. The number of fused-ring (bicyclic) bond motifs is 2. The molecule has 0 saturated heterocycles. The fourth-order valence-electron chi connectivity index (χ4n) is 5.69. The number of hydrogen-bond donors (Lipinski definition) is 2. The first-order valence-corrected chi connectivity index (χ1v) is 15.4. The molecule has 0 amide bonds. The van der Waals surface area contributed by atoms with Gasteiger partial charge in [0.15, 0.2) is 0 Å². The first kappa shape index (κ1) is 30.1. The summed E-state index contributed by atoms with van der Waals surface area (Å²) in [6.07, 6.45) is 1.75. The van der Waals surface area contributed by atoms with E-state index in [4.69, 9.17) is 4.74 Å². The van der Waals surface area contributed by atoms with Crippen molar-refractivity contribution in [2.24, 2.45) is 0 Å². The summed E-state index contributed by atoms with van der Waals surface area (Å²) in [5.41, 5.74) is 7.61. The summed E-state index contributed by atoms with van der Waals surface area (Å²) in [6, 6.07) is 18.8. The van der Waals surface area contributed by atoms with Crippen molar-refractivity contribution in [1.29, 1.82) is 21.0 Å². The van der Waals surface area contributed by atoms with Gasteiger partial charge in [0, 0.05) is 39.1 Å². The minimum absolute atomic E-state index is 0.306. The number of pyridine rings is 1. The van der Waals surface area contributed by atoms with Gasteiger partial charge in [0.25, 0.3) is 0 Å². The van der Waals surface area contributed by atoms with Crippen LogP contribution in [0.3, 0.4) is 0 Å². The maximum Gasteiger partial charge on any atom is 0.123 e. The monoisotopic (exact) mass is 613 g/mol. The van der Waals surface area contributed by atoms with Gasteiger partial charge in [-0.3, -0.25) is 0 Å². The molecule has 0 unspecified atom stereocenters. The third-order valence-electron chi connectivity index (χ3n) is 7.82. The van der Waals surface area contributed by atoms with E-state index in [0.717, 1.165) is 60.0 Å². The number of rotatable bonds is 3. The van der Waals surface area contributed by atoms with Crippen LogP contribution in [0.25, 0.3) is 20.3 Å². The zero-order valence-electron chi connectivity index (χ0n) is 24.7. The summed E-state index contributed by atoms with van der Waals surface area (Å²) in [4.78, 5) is 5.27. The first-order valence-electron chi connectivity index (χ1n) is 13.6. The molecule has 2 N–H and O–H groups in total. The quantitative estimate of drug-likeness (QED) is 0.239. The topological polar surface area (TPSA) is 141 Å². The van der Waals surface area contributed by atoms with Crippen molar-refractivity contribution < 1.29 is 4.74 Å². The second-order valence-corrected chi connectivity index (χ2v) is 12.1. The predicted molar refractivity (Wildman–Crippen MR) is 173 cm³/mol. The molecule has 0 fully saturated rings. The Bertz CT molecular complexity index is 2040. The van der Waals surface area contributed by atoms with Crippen LogP contribution in [-0.2, 0) is 0 Å². The first-order chi connectivity index (χ1) is 21.3. The molecule has 0 saturated carbocycles. The lowest BCUT2D eigenvalue weighted by Gasteiger charge is -2.25. The average Bonchev–Trinajstić information content (AvgIpc) is 3.64. The van der Waals surface area contributed by atoms with Crippen LogP contribution in [0.2, 0.25) is 0 Å². The van der Waals surface area contributed by atoms with Gasteiger partial charge in [-0.1, -0.05) is 6.07 Å². The third-order valence-corrected chi connectivity index (χ3v) is 9.70. The number of methoxy groups -OCH3 is 1. The van der Waals surface area contributed by atoms with E-state index in [-0.39, 0.29) is 11.8 Å². The SMILES string of the molecule is CC1=C(C#N)C(c2csc3ncccc23)C(C#N)=C(C)N1.COc1ccc2c(C3C(C#N)=C(C)NC(C)=C3C#N)csc2c1. The molecule has 216 valence electrons. The van der Waals surface area contributed by atoms with Crippen molar-refractivity contribution in [3.8, 4) is 30.0 Å². The van der Waals surface area contributed by atoms with E-state index < -0.39 is 0 Å². The molecular weight excluding hydrogens is 587 g/mol. The van der Waals surface area contributed by atoms with Crippen LogP contribution in [0.5, 0.6) is 5.75 Å². The number of thiophene rings is 2. The molecule has 6 rings (SSSR count). The molecule has 0 spiro atoms. The van der Waals surface area contributed by atoms with Crippen molar-refractivity contribution in [2.75, 3.05) is 7.11 Å². The Morgan fingerprint density at radius 3 is 1.70 bits per heavy atom. The molecule has 0 aliphatic carbocycles. The number of nitrogens with zero attached hydrogens (tertiary/aromatic N) is 5. The molecule has 5 heterocycles. The van der Waals surface area contributed by atoms with Crippen LogP contribution in [0.15, 0.2) is 92.4 Å². The number of nitrogens with one attached hydrogen (secondary N) is 2. The number of aromatic nitrogens is 1. The molecule has 1 aromatic carbocycles. The Morgan fingerprint density at radius 2 is 1.20 bits per heavy atom. The van der Waals surface area contributed by atoms with Gasteiger partial charge in [-0.25, -0.2) is 4.98 Å². The number of nitriles is 4. The number of allylic oxidation sites excluding steroid dienone is 8. The van der Waals surface area contributed by atoms with E-state index in [1.807, 2.05) is 68.8 Å². The Balaban J connectivity index is 0.000000175. The fraction of sp³-hybridized carbons (Fsp3) is 0.206. The van der Waals surface area contributed by atoms with E-state index in [1.165, 1.54) is 11.3 Å². The van der Waals surface area contributed by atoms with Gasteiger partial charge < -0.3 is 15.4 Å². The smallest absolute Gasteiger partial charge is 0.123 e. The summed E-state index contributed by atoms with van der Waals surface area (Å²) >= 11 is 3.14. The Labute approximate surface area is 263 Å². The Morgan fingerprint density at radius 1 is 0.705 bits per heavy atom. The highest BCUT2D eigenvalue weighted by atomic mass is 32.1. The maximum atomic E-state index is 9.59. The lowest BCUT2D eigenvalue weighted by molar-refractivity contribution is 0.415. The summed E-state index contributed by atoms with van der Waals surface area (Å²) < 4.78 is 6.35. The highest BCUT2D eigenvalue weighted by Crippen LogP contribution is 2.44.